The molecule has 0 spiro atoms. The molecule has 0 radical (unpaired) electrons. The molecule has 92 valence electrons. The molecule has 0 aromatic carbocycles. The van der Waals surface area contributed by atoms with Crippen LogP contribution < -0.4 is 0 Å². The fourth-order valence-corrected chi connectivity index (χ4v) is 2.19. The quantitative estimate of drug-likeness (QED) is 0.601. The smallest absolute Gasteiger partial charge is 0.0575 e. The molecule has 0 aromatic rings. The average molecular weight is 216 g/mol. The van der Waals surface area contributed by atoms with E-state index in [9.17, 15) is 0 Å². The maximum absolute atomic E-state index is 5.86. The van der Waals surface area contributed by atoms with Gasteiger partial charge >= 0.3 is 0 Å². The molecule has 2 nitrogen and oxygen atoms in total. The van der Waals surface area contributed by atoms with Crippen LogP contribution in [0.5, 0.6) is 0 Å². The summed E-state index contributed by atoms with van der Waals surface area (Å²) in [4.78, 5) is 0. The minimum absolute atomic E-state index is 0. The van der Waals surface area contributed by atoms with E-state index in [4.69, 9.17) is 4.74 Å². The van der Waals surface area contributed by atoms with Gasteiger partial charge in [-0.2, -0.15) is 0 Å². The van der Waals surface area contributed by atoms with E-state index in [-0.39, 0.29) is 5.48 Å². The molecule has 1 fully saturated rings. The van der Waals surface area contributed by atoms with Crippen molar-refractivity contribution in [2.75, 3.05) is 6.61 Å². The molecule has 1 aliphatic carbocycles. The van der Waals surface area contributed by atoms with Crippen molar-refractivity contribution in [3.8, 4) is 0 Å². The van der Waals surface area contributed by atoms with Gasteiger partial charge in [-0.3, -0.25) is 0 Å². The van der Waals surface area contributed by atoms with Crippen molar-refractivity contribution < 1.29 is 10.2 Å². The first-order valence-corrected chi connectivity index (χ1v) is 6.55. The van der Waals surface area contributed by atoms with Crippen molar-refractivity contribution in [1.29, 1.82) is 0 Å². The van der Waals surface area contributed by atoms with Gasteiger partial charge in [-0.15, -0.1) is 0 Å². The third-order valence-corrected chi connectivity index (χ3v) is 3.15. The summed E-state index contributed by atoms with van der Waals surface area (Å²) in [6.07, 6.45) is 14.2. The average Bonchev–Trinajstić information content (AvgIpc) is 2.25. The topological polar surface area (TPSA) is 40.7 Å². The maximum Gasteiger partial charge on any atom is 0.0575 e. The minimum atomic E-state index is 0. The summed E-state index contributed by atoms with van der Waals surface area (Å²) in [6.45, 7) is 3.27. The Kier molecular flexibility index (Phi) is 10.4. The highest BCUT2D eigenvalue weighted by atomic mass is 16.5. The molecular formula is C13H28O2. The predicted octanol–water partition coefficient (Wildman–Crippen LogP) is 3.48. The Hall–Kier alpha value is -0.0800. The van der Waals surface area contributed by atoms with Gasteiger partial charge in [0.05, 0.1) is 6.10 Å². The van der Waals surface area contributed by atoms with Gasteiger partial charge in [0.2, 0.25) is 0 Å². The fraction of sp³-hybridized carbons (Fsp3) is 1.00. The Morgan fingerprint density at radius 2 is 1.60 bits per heavy atom. The Labute approximate surface area is 94.7 Å². The summed E-state index contributed by atoms with van der Waals surface area (Å²) in [6, 6.07) is 0. The normalized spacial score (nSPS) is 17.4. The van der Waals surface area contributed by atoms with Crippen molar-refractivity contribution in [2.24, 2.45) is 0 Å². The summed E-state index contributed by atoms with van der Waals surface area (Å²) < 4.78 is 5.86. The Morgan fingerprint density at radius 3 is 2.27 bits per heavy atom. The number of ether oxygens (including phenoxy) is 1. The number of hydrogen-bond donors (Lipinski definition) is 0. The van der Waals surface area contributed by atoms with E-state index >= 15 is 0 Å². The second-order valence-corrected chi connectivity index (χ2v) is 4.55. The standard InChI is InChI=1S/C13H26O.H2O/c1-2-3-4-5-9-12-14-13-10-7-6-8-11-13;/h13H,2-12H2,1H3;1H2. The van der Waals surface area contributed by atoms with Crippen LogP contribution in [0.1, 0.15) is 71.1 Å². The first kappa shape index (κ1) is 14.9. The van der Waals surface area contributed by atoms with E-state index < -0.39 is 0 Å². The lowest BCUT2D eigenvalue weighted by Crippen LogP contribution is -2.17. The summed E-state index contributed by atoms with van der Waals surface area (Å²) >= 11 is 0. The highest BCUT2D eigenvalue weighted by molar-refractivity contribution is 4.64. The maximum atomic E-state index is 5.86. The third-order valence-electron chi connectivity index (χ3n) is 3.15. The summed E-state index contributed by atoms with van der Waals surface area (Å²) in [7, 11) is 0. The molecule has 0 amide bonds. The first-order valence-electron chi connectivity index (χ1n) is 6.55. The molecular weight excluding hydrogens is 188 g/mol. The van der Waals surface area contributed by atoms with Crippen LogP contribution in [0, 0.1) is 0 Å². The second-order valence-electron chi connectivity index (χ2n) is 4.55. The largest absolute Gasteiger partial charge is 0.412 e. The van der Waals surface area contributed by atoms with Gasteiger partial charge in [0.1, 0.15) is 0 Å². The van der Waals surface area contributed by atoms with Gasteiger partial charge in [-0.05, 0) is 19.3 Å². The van der Waals surface area contributed by atoms with E-state index in [1.807, 2.05) is 0 Å². The zero-order chi connectivity index (χ0) is 10.1. The van der Waals surface area contributed by atoms with Crippen molar-refractivity contribution >= 4 is 0 Å². The predicted molar refractivity (Wildman–Crippen MR) is 65.2 cm³/mol. The summed E-state index contributed by atoms with van der Waals surface area (Å²) in [5, 5.41) is 0. The van der Waals surface area contributed by atoms with Crippen LogP contribution >= 0.6 is 0 Å². The molecule has 0 atom stereocenters. The van der Waals surface area contributed by atoms with Gasteiger partial charge in [-0.1, -0.05) is 51.9 Å². The zero-order valence-corrected chi connectivity index (χ0v) is 10.3. The van der Waals surface area contributed by atoms with E-state index in [0.717, 1.165) is 6.61 Å². The lowest BCUT2D eigenvalue weighted by molar-refractivity contribution is 0.0263. The molecule has 2 heteroatoms. The van der Waals surface area contributed by atoms with Gasteiger partial charge < -0.3 is 10.2 Å². The highest BCUT2D eigenvalue weighted by Crippen LogP contribution is 2.20. The molecule has 0 aliphatic heterocycles. The minimum Gasteiger partial charge on any atom is -0.412 e. The molecule has 0 unspecified atom stereocenters. The van der Waals surface area contributed by atoms with Crippen molar-refractivity contribution in [3.63, 3.8) is 0 Å². The van der Waals surface area contributed by atoms with Crippen LogP contribution in [0.2, 0.25) is 0 Å². The van der Waals surface area contributed by atoms with Gasteiger partial charge in [-0.25, -0.2) is 0 Å². The monoisotopic (exact) mass is 216 g/mol. The number of rotatable bonds is 7. The van der Waals surface area contributed by atoms with Crippen LogP contribution in [-0.2, 0) is 4.74 Å². The Balaban J connectivity index is 0.00000196. The SMILES string of the molecule is CCCCCCCOC1CCCCC1.O. The molecule has 0 heterocycles. The van der Waals surface area contributed by atoms with Gasteiger partial charge in [0.15, 0.2) is 0 Å². The summed E-state index contributed by atoms with van der Waals surface area (Å²) in [5.41, 5.74) is 0. The van der Waals surface area contributed by atoms with Crippen LogP contribution in [0.4, 0.5) is 0 Å². The molecule has 2 N–H and O–H groups in total. The van der Waals surface area contributed by atoms with Crippen LogP contribution in [0.3, 0.4) is 0 Å². The molecule has 0 aromatic heterocycles. The van der Waals surface area contributed by atoms with E-state index in [1.54, 1.807) is 0 Å². The van der Waals surface area contributed by atoms with E-state index in [1.165, 1.54) is 64.2 Å². The molecule has 0 saturated heterocycles. The molecule has 0 bridgehead atoms. The second kappa shape index (κ2) is 10.4. The molecule has 1 saturated carbocycles. The van der Waals surface area contributed by atoms with Crippen molar-refractivity contribution in [1.82, 2.24) is 0 Å². The van der Waals surface area contributed by atoms with Gasteiger partial charge in [0.25, 0.3) is 0 Å². The van der Waals surface area contributed by atoms with Crippen LogP contribution in [-0.4, -0.2) is 18.2 Å². The molecule has 15 heavy (non-hydrogen) atoms. The molecule has 1 rings (SSSR count). The summed E-state index contributed by atoms with van der Waals surface area (Å²) in [5.74, 6) is 0. The highest BCUT2D eigenvalue weighted by Gasteiger charge is 2.12. The third kappa shape index (κ3) is 7.80. The van der Waals surface area contributed by atoms with Crippen molar-refractivity contribution in [2.45, 2.75) is 77.2 Å². The van der Waals surface area contributed by atoms with Crippen molar-refractivity contribution in [3.05, 3.63) is 0 Å². The fourth-order valence-electron chi connectivity index (χ4n) is 2.19. The van der Waals surface area contributed by atoms with Crippen LogP contribution in [0.25, 0.3) is 0 Å². The number of hydrogen-bond acceptors (Lipinski definition) is 1. The van der Waals surface area contributed by atoms with Gasteiger partial charge in [0, 0.05) is 6.61 Å². The number of unbranched alkanes of at least 4 members (excludes halogenated alkanes) is 4. The van der Waals surface area contributed by atoms with E-state index in [0.29, 0.717) is 6.10 Å². The first-order chi connectivity index (χ1) is 6.93. The lowest BCUT2D eigenvalue weighted by atomic mass is 9.98. The molecule has 1 aliphatic rings. The Bertz CT molecular complexity index is 120. The zero-order valence-electron chi connectivity index (χ0n) is 10.3. The lowest BCUT2D eigenvalue weighted by Gasteiger charge is -2.21. The van der Waals surface area contributed by atoms with Crippen LogP contribution in [0.15, 0.2) is 0 Å². The Morgan fingerprint density at radius 1 is 0.933 bits per heavy atom. The van der Waals surface area contributed by atoms with E-state index in [2.05, 4.69) is 6.92 Å².